The predicted molar refractivity (Wildman–Crippen MR) is 95.0 cm³/mol. The number of amides is 1. The second-order valence-corrected chi connectivity index (χ2v) is 7.45. The number of anilines is 1. The van der Waals surface area contributed by atoms with Gasteiger partial charge in [-0.1, -0.05) is 23.4 Å². The van der Waals surface area contributed by atoms with E-state index in [2.05, 4.69) is 31.4 Å². The molecule has 0 bridgehead atoms. The van der Waals surface area contributed by atoms with Gasteiger partial charge < -0.3 is 9.26 Å². The highest BCUT2D eigenvalue weighted by Gasteiger charge is 2.22. The van der Waals surface area contributed by atoms with E-state index >= 15 is 0 Å². The summed E-state index contributed by atoms with van der Waals surface area (Å²) in [6.45, 7) is 3.29. The Bertz CT molecular complexity index is 912. The summed E-state index contributed by atoms with van der Waals surface area (Å²) in [7, 11) is 0. The van der Waals surface area contributed by atoms with Crippen molar-refractivity contribution in [2.75, 3.05) is 5.32 Å². The Hall–Kier alpha value is -2.26. The number of hydrogen-bond donors (Lipinski definition) is 1. The molecule has 9 heteroatoms. The lowest BCUT2D eigenvalue weighted by Crippen LogP contribution is -2.17. The van der Waals surface area contributed by atoms with Gasteiger partial charge in [0.2, 0.25) is 5.76 Å². The molecule has 2 heterocycles. The molecule has 0 saturated heterocycles. The number of benzene rings is 1. The van der Waals surface area contributed by atoms with E-state index in [1.165, 1.54) is 17.4 Å². The van der Waals surface area contributed by atoms with Crippen LogP contribution in [0.2, 0.25) is 0 Å². The van der Waals surface area contributed by atoms with E-state index < -0.39 is 18.0 Å². The summed E-state index contributed by atoms with van der Waals surface area (Å²) in [6, 6.07) is 6.14. The van der Waals surface area contributed by atoms with E-state index in [9.17, 15) is 9.18 Å². The van der Waals surface area contributed by atoms with Crippen molar-refractivity contribution in [3.63, 3.8) is 0 Å². The largest absolute Gasteiger partial charge is 0.441 e. The van der Waals surface area contributed by atoms with Gasteiger partial charge in [0.05, 0.1) is 11.1 Å². The van der Waals surface area contributed by atoms with Crippen LogP contribution in [0.1, 0.15) is 24.3 Å². The van der Waals surface area contributed by atoms with Crippen LogP contribution in [0.15, 0.2) is 38.9 Å². The third-order valence-electron chi connectivity index (χ3n) is 3.42. The van der Waals surface area contributed by atoms with E-state index in [-0.39, 0.29) is 0 Å². The molecule has 1 aromatic carbocycles. The number of hydrogen-bond acceptors (Lipinski definition) is 6. The minimum atomic E-state index is -0.748. The first-order valence-corrected chi connectivity index (χ1v) is 8.86. The summed E-state index contributed by atoms with van der Waals surface area (Å²) >= 11 is 4.61. The molecule has 0 unspecified atom stereocenters. The van der Waals surface area contributed by atoms with Crippen molar-refractivity contribution in [2.24, 2.45) is 0 Å². The Kier molecular flexibility index (Phi) is 5.14. The molecule has 0 aliphatic heterocycles. The molecule has 3 rings (SSSR count). The zero-order valence-corrected chi connectivity index (χ0v) is 15.6. The molecule has 0 radical (unpaired) electrons. The summed E-state index contributed by atoms with van der Waals surface area (Å²) in [6.07, 6.45) is 0.127. The number of aryl methyl sites for hydroxylation is 1. The van der Waals surface area contributed by atoms with Crippen LogP contribution in [0.3, 0.4) is 0 Å². The lowest BCUT2D eigenvalue weighted by molar-refractivity contribution is 0.119. The fourth-order valence-corrected chi connectivity index (χ4v) is 3.45. The van der Waals surface area contributed by atoms with E-state index in [0.29, 0.717) is 31.5 Å². The minimum absolute atomic E-state index is 0.298. The maximum absolute atomic E-state index is 13.8. The topological polar surface area (TPSA) is 77.3 Å². The first-order valence-electron chi connectivity index (χ1n) is 7.25. The Balaban J connectivity index is 1.76. The number of ether oxygens (including phenoxy) is 1. The summed E-state index contributed by atoms with van der Waals surface area (Å²) < 4.78 is 25.0. The first kappa shape index (κ1) is 17.6. The van der Waals surface area contributed by atoms with Crippen molar-refractivity contribution in [2.45, 2.75) is 20.0 Å². The van der Waals surface area contributed by atoms with Gasteiger partial charge in [0.1, 0.15) is 23.3 Å². The standard InChI is InChI=1S/C16H13BrFN3O3S/c1-8-13(14(24-21-8)12-7-19-15(17)25-12)20-16(22)23-9(2)10-5-3-4-6-11(10)18/h3-7,9H,1-2H3,(H,20,22)/t9-/m1/s1. The zero-order chi connectivity index (χ0) is 18.0. The maximum Gasteiger partial charge on any atom is 0.412 e. The molecule has 0 fully saturated rings. The third-order valence-corrected chi connectivity index (χ3v) is 4.89. The van der Waals surface area contributed by atoms with Crippen molar-refractivity contribution >= 4 is 39.0 Å². The lowest BCUT2D eigenvalue weighted by atomic mass is 10.1. The van der Waals surface area contributed by atoms with Crippen molar-refractivity contribution in [3.8, 4) is 10.6 Å². The average molecular weight is 426 g/mol. The van der Waals surface area contributed by atoms with Gasteiger partial charge >= 0.3 is 6.09 Å². The first-order chi connectivity index (χ1) is 12.0. The Morgan fingerprint density at radius 2 is 2.20 bits per heavy atom. The number of nitrogens with one attached hydrogen (secondary N) is 1. The monoisotopic (exact) mass is 425 g/mol. The summed E-state index contributed by atoms with van der Waals surface area (Å²) in [4.78, 5) is 17.0. The molecule has 0 aliphatic carbocycles. The smallest absolute Gasteiger partial charge is 0.412 e. The maximum atomic E-state index is 13.8. The number of carbonyl (C=O) groups excluding carboxylic acids is 1. The van der Waals surface area contributed by atoms with Gasteiger partial charge in [0, 0.05) is 5.56 Å². The van der Waals surface area contributed by atoms with Crippen molar-refractivity contribution in [1.29, 1.82) is 0 Å². The van der Waals surface area contributed by atoms with Gasteiger partial charge in [-0.15, -0.1) is 11.3 Å². The van der Waals surface area contributed by atoms with Gasteiger partial charge in [-0.3, -0.25) is 5.32 Å². The highest BCUT2D eigenvalue weighted by atomic mass is 79.9. The molecule has 2 aromatic heterocycles. The molecule has 130 valence electrons. The van der Waals surface area contributed by atoms with Crippen molar-refractivity contribution in [3.05, 3.63) is 51.5 Å². The number of carbonyl (C=O) groups is 1. The molecule has 25 heavy (non-hydrogen) atoms. The lowest BCUT2D eigenvalue weighted by Gasteiger charge is -2.14. The van der Waals surface area contributed by atoms with E-state index in [1.807, 2.05) is 0 Å². The normalized spacial score (nSPS) is 12.0. The fraction of sp³-hybridized carbons (Fsp3) is 0.188. The van der Waals surface area contributed by atoms with Crippen molar-refractivity contribution < 1.29 is 18.4 Å². The van der Waals surface area contributed by atoms with Gasteiger partial charge in [-0.2, -0.15) is 0 Å². The van der Waals surface area contributed by atoms with Crippen LogP contribution in [-0.4, -0.2) is 16.2 Å². The second-order valence-electron chi connectivity index (χ2n) is 5.14. The third kappa shape index (κ3) is 3.88. The number of rotatable bonds is 4. The van der Waals surface area contributed by atoms with Crippen LogP contribution in [0.4, 0.5) is 14.9 Å². The number of halogens is 2. The fourth-order valence-electron chi connectivity index (χ4n) is 2.20. The molecule has 1 N–H and O–H groups in total. The van der Waals surface area contributed by atoms with Gasteiger partial charge in [-0.25, -0.2) is 14.2 Å². The van der Waals surface area contributed by atoms with Gasteiger partial charge in [0.25, 0.3) is 0 Å². The quantitative estimate of drug-likeness (QED) is 0.611. The number of nitrogens with zero attached hydrogens (tertiary/aromatic N) is 2. The molecule has 1 amide bonds. The molecule has 0 aliphatic rings. The van der Waals surface area contributed by atoms with Crippen LogP contribution < -0.4 is 5.32 Å². The van der Waals surface area contributed by atoms with Crippen LogP contribution in [-0.2, 0) is 4.74 Å². The summed E-state index contributed by atoms with van der Waals surface area (Å²) in [5, 5.41) is 6.48. The second kappa shape index (κ2) is 7.32. The van der Waals surface area contributed by atoms with Gasteiger partial charge in [0.15, 0.2) is 3.92 Å². The van der Waals surface area contributed by atoms with E-state index in [0.717, 1.165) is 0 Å². The molecule has 0 saturated carbocycles. The Morgan fingerprint density at radius 1 is 1.44 bits per heavy atom. The average Bonchev–Trinajstić information content (AvgIpc) is 3.14. The summed E-state index contributed by atoms with van der Waals surface area (Å²) in [5.74, 6) is -0.0460. The van der Waals surface area contributed by atoms with Crippen LogP contribution in [0.5, 0.6) is 0 Å². The Labute approximate surface area is 155 Å². The van der Waals surface area contributed by atoms with E-state index in [4.69, 9.17) is 9.26 Å². The van der Waals surface area contributed by atoms with Crippen molar-refractivity contribution in [1.82, 2.24) is 10.1 Å². The zero-order valence-electron chi connectivity index (χ0n) is 13.2. The predicted octanol–water partition coefficient (Wildman–Crippen LogP) is 5.32. The van der Waals surface area contributed by atoms with Crippen LogP contribution >= 0.6 is 27.3 Å². The minimum Gasteiger partial charge on any atom is -0.441 e. The SMILES string of the molecule is Cc1noc(-c2cnc(Br)s2)c1NC(=O)O[C@H](C)c1ccccc1F. The highest BCUT2D eigenvalue weighted by molar-refractivity contribution is 9.11. The van der Waals surface area contributed by atoms with Gasteiger partial charge in [-0.05, 0) is 35.8 Å². The molecular weight excluding hydrogens is 413 g/mol. The molecule has 0 spiro atoms. The van der Waals surface area contributed by atoms with E-state index in [1.54, 1.807) is 38.2 Å². The Morgan fingerprint density at radius 3 is 2.88 bits per heavy atom. The number of aromatic nitrogens is 2. The summed E-state index contributed by atoms with van der Waals surface area (Å²) in [5.41, 5.74) is 1.18. The van der Waals surface area contributed by atoms with Crippen LogP contribution in [0.25, 0.3) is 10.6 Å². The molecule has 1 atom stereocenters. The van der Waals surface area contributed by atoms with Crippen LogP contribution in [0, 0.1) is 12.7 Å². The molecule has 3 aromatic rings. The number of thiazole rings is 1. The highest BCUT2D eigenvalue weighted by Crippen LogP contribution is 2.36. The molecule has 6 nitrogen and oxygen atoms in total. The molecular formula is C16H13BrFN3O3S.